The van der Waals surface area contributed by atoms with Crippen LogP contribution in [-0.4, -0.2) is 20.2 Å². The summed E-state index contributed by atoms with van der Waals surface area (Å²) in [6.45, 7) is 0.589. The van der Waals surface area contributed by atoms with Crippen molar-refractivity contribution in [3.63, 3.8) is 0 Å². The van der Waals surface area contributed by atoms with Crippen LogP contribution in [0.2, 0.25) is 5.02 Å². The molecule has 0 radical (unpaired) electrons. The van der Waals surface area contributed by atoms with Gasteiger partial charge in [0.05, 0.1) is 6.54 Å². The monoisotopic (exact) mass is 285 g/mol. The number of nitrogens with two attached hydrogens (primary N) is 1. The first-order valence-electron chi connectivity index (χ1n) is 6.09. The van der Waals surface area contributed by atoms with E-state index in [1.54, 1.807) is 4.68 Å². The summed E-state index contributed by atoms with van der Waals surface area (Å²) in [4.78, 5) is 0. The first-order valence-corrected chi connectivity index (χ1v) is 6.47. The van der Waals surface area contributed by atoms with Crippen LogP contribution in [0.1, 0.15) is 5.56 Å². The van der Waals surface area contributed by atoms with E-state index in [1.165, 1.54) is 0 Å². The number of halogens is 1. The Morgan fingerprint density at radius 3 is 2.40 bits per heavy atom. The van der Waals surface area contributed by atoms with E-state index in [4.69, 9.17) is 17.3 Å². The number of benzene rings is 2. The normalized spacial score (nSPS) is 10.7. The summed E-state index contributed by atoms with van der Waals surface area (Å²) >= 11 is 5.89. The molecule has 0 aliphatic heterocycles. The molecule has 6 heteroatoms. The lowest BCUT2D eigenvalue weighted by atomic mass is 10.2. The van der Waals surface area contributed by atoms with Gasteiger partial charge in [-0.3, -0.25) is 0 Å². The van der Waals surface area contributed by atoms with E-state index in [1.807, 2.05) is 48.5 Å². The van der Waals surface area contributed by atoms with Gasteiger partial charge in [-0.25, -0.2) is 4.68 Å². The van der Waals surface area contributed by atoms with Crippen molar-refractivity contribution in [1.29, 1.82) is 0 Å². The molecule has 0 aliphatic rings. The molecule has 2 aromatic carbocycles. The third-order valence-electron chi connectivity index (χ3n) is 2.95. The van der Waals surface area contributed by atoms with Crippen LogP contribution in [0.4, 0.5) is 5.69 Å². The highest BCUT2D eigenvalue weighted by molar-refractivity contribution is 6.30. The molecule has 0 bridgehead atoms. The third kappa shape index (κ3) is 2.62. The second-order valence-electron chi connectivity index (χ2n) is 4.41. The maximum absolute atomic E-state index is 5.89. The third-order valence-corrected chi connectivity index (χ3v) is 3.20. The summed E-state index contributed by atoms with van der Waals surface area (Å²) in [5, 5.41) is 12.5. The lowest BCUT2D eigenvalue weighted by Crippen LogP contribution is -2.04. The Hall–Kier alpha value is -2.40. The van der Waals surface area contributed by atoms with Gasteiger partial charge in [0.2, 0.25) is 0 Å². The first kappa shape index (κ1) is 12.6. The van der Waals surface area contributed by atoms with Crippen LogP contribution >= 0.6 is 11.6 Å². The Morgan fingerprint density at radius 2 is 1.70 bits per heavy atom. The zero-order valence-corrected chi connectivity index (χ0v) is 11.3. The molecule has 0 fully saturated rings. The second-order valence-corrected chi connectivity index (χ2v) is 4.85. The minimum Gasteiger partial charge on any atom is -0.399 e. The fraction of sp³-hybridized carbons (Fsp3) is 0.0714. The van der Waals surface area contributed by atoms with E-state index in [-0.39, 0.29) is 0 Å². The number of anilines is 1. The minimum absolute atomic E-state index is 0.589. The Morgan fingerprint density at radius 1 is 1.00 bits per heavy atom. The van der Waals surface area contributed by atoms with Crippen LogP contribution in [0.25, 0.3) is 11.4 Å². The van der Waals surface area contributed by atoms with E-state index >= 15 is 0 Å². The van der Waals surface area contributed by atoms with Gasteiger partial charge in [-0.05, 0) is 52.4 Å². The summed E-state index contributed by atoms with van der Waals surface area (Å²) < 4.78 is 1.74. The molecular formula is C14H12ClN5. The van der Waals surface area contributed by atoms with Crippen LogP contribution in [0.3, 0.4) is 0 Å². The summed E-state index contributed by atoms with van der Waals surface area (Å²) in [6, 6.07) is 15.1. The lowest BCUT2D eigenvalue weighted by Gasteiger charge is -2.05. The number of hydrogen-bond acceptors (Lipinski definition) is 4. The van der Waals surface area contributed by atoms with Crippen LogP contribution in [0.15, 0.2) is 48.5 Å². The van der Waals surface area contributed by atoms with Crippen LogP contribution in [-0.2, 0) is 6.54 Å². The molecule has 0 spiro atoms. The predicted octanol–water partition coefficient (Wildman–Crippen LogP) is 2.62. The highest BCUT2D eigenvalue weighted by atomic mass is 35.5. The van der Waals surface area contributed by atoms with Crippen molar-refractivity contribution in [3.05, 3.63) is 59.1 Å². The highest BCUT2D eigenvalue weighted by Crippen LogP contribution is 2.19. The van der Waals surface area contributed by atoms with Gasteiger partial charge in [0, 0.05) is 16.3 Å². The Bertz CT molecular complexity index is 703. The average Bonchev–Trinajstić information content (AvgIpc) is 2.90. The molecule has 5 nitrogen and oxygen atoms in total. The second kappa shape index (κ2) is 5.30. The van der Waals surface area contributed by atoms with Crippen LogP contribution in [0.5, 0.6) is 0 Å². The highest BCUT2D eigenvalue weighted by Gasteiger charge is 2.09. The lowest BCUT2D eigenvalue weighted by molar-refractivity contribution is 0.653. The van der Waals surface area contributed by atoms with Gasteiger partial charge < -0.3 is 5.73 Å². The summed E-state index contributed by atoms with van der Waals surface area (Å²) in [5.41, 5.74) is 8.43. The molecule has 1 heterocycles. The summed E-state index contributed by atoms with van der Waals surface area (Å²) in [5.74, 6) is 0.707. The van der Waals surface area contributed by atoms with E-state index < -0.39 is 0 Å². The molecule has 0 saturated carbocycles. The fourth-order valence-corrected chi connectivity index (χ4v) is 2.04. The van der Waals surface area contributed by atoms with Crippen LogP contribution < -0.4 is 5.73 Å². The predicted molar refractivity (Wildman–Crippen MR) is 78.2 cm³/mol. The van der Waals surface area contributed by atoms with Crippen molar-refractivity contribution in [2.24, 2.45) is 0 Å². The Kier molecular flexibility index (Phi) is 3.35. The number of nitrogens with zero attached hydrogens (tertiary/aromatic N) is 4. The number of nitrogen functional groups attached to an aromatic ring is 1. The zero-order chi connectivity index (χ0) is 13.9. The molecule has 0 saturated heterocycles. The van der Waals surface area contributed by atoms with Gasteiger partial charge in [-0.2, -0.15) is 0 Å². The molecule has 20 heavy (non-hydrogen) atoms. The molecule has 3 aromatic rings. The van der Waals surface area contributed by atoms with E-state index in [0.29, 0.717) is 17.4 Å². The van der Waals surface area contributed by atoms with E-state index in [0.717, 1.165) is 16.8 Å². The summed E-state index contributed by atoms with van der Waals surface area (Å²) in [7, 11) is 0. The molecule has 0 amide bonds. The molecular weight excluding hydrogens is 274 g/mol. The number of aromatic nitrogens is 4. The SMILES string of the molecule is Nc1ccc(Cn2nnnc2-c2ccc(Cl)cc2)cc1. The zero-order valence-electron chi connectivity index (χ0n) is 10.6. The van der Waals surface area contributed by atoms with Crippen molar-refractivity contribution < 1.29 is 0 Å². The maximum atomic E-state index is 5.89. The topological polar surface area (TPSA) is 69.6 Å². The van der Waals surface area contributed by atoms with Crippen molar-refractivity contribution in [2.45, 2.75) is 6.54 Å². The molecule has 100 valence electrons. The van der Waals surface area contributed by atoms with Gasteiger partial charge in [0.25, 0.3) is 0 Å². The molecule has 3 rings (SSSR count). The molecule has 0 aliphatic carbocycles. The number of rotatable bonds is 3. The van der Waals surface area contributed by atoms with E-state index in [2.05, 4.69) is 15.5 Å². The minimum atomic E-state index is 0.589. The fourth-order valence-electron chi connectivity index (χ4n) is 1.91. The smallest absolute Gasteiger partial charge is 0.182 e. The molecule has 0 atom stereocenters. The van der Waals surface area contributed by atoms with Gasteiger partial charge in [-0.15, -0.1) is 5.10 Å². The largest absolute Gasteiger partial charge is 0.399 e. The van der Waals surface area contributed by atoms with Gasteiger partial charge in [0.15, 0.2) is 5.82 Å². The van der Waals surface area contributed by atoms with Gasteiger partial charge >= 0.3 is 0 Å². The first-order chi connectivity index (χ1) is 9.72. The Labute approximate surface area is 121 Å². The van der Waals surface area contributed by atoms with Crippen LogP contribution in [0, 0.1) is 0 Å². The van der Waals surface area contributed by atoms with E-state index in [9.17, 15) is 0 Å². The Balaban J connectivity index is 1.90. The quantitative estimate of drug-likeness (QED) is 0.751. The standard InChI is InChI=1S/C14H12ClN5/c15-12-5-3-11(4-6-12)14-17-18-19-20(14)9-10-1-7-13(16)8-2-10/h1-8H,9,16H2. The van der Waals surface area contributed by atoms with Gasteiger partial charge in [-0.1, -0.05) is 23.7 Å². The summed E-state index contributed by atoms with van der Waals surface area (Å²) in [6.07, 6.45) is 0. The number of hydrogen-bond donors (Lipinski definition) is 1. The number of tetrazole rings is 1. The average molecular weight is 286 g/mol. The molecule has 1 aromatic heterocycles. The van der Waals surface area contributed by atoms with Crippen molar-refractivity contribution in [2.75, 3.05) is 5.73 Å². The van der Waals surface area contributed by atoms with Crippen molar-refractivity contribution in [3.8, 4) is 11.4 Å². The van der Waals surface area contributed by atoms with Crippen molar-refractivity contribution in [1.82, 2.24) is 20.2 Å². The molecule has 2 N–H and O–H groups in total. The molecule has 0 unspecified atom stereocenters. The van der Waals surface area contributed by atoms with Crippen molar-refractivity contribution >= 4 is 17.3 Å². The van der Waals surface area contributed by atoms with Gasteiger partial charge in [0.1, 0.15) is 0 Å². The maximum Gasteiger partial charge on any atom is 0.182 e.